The average molecular weight is 515 g/mol. The smallest absolute Gasteiger partial charge is 0.354 e. The van der Waals surface area contributed by atoms with Gasteiger partial charge in [0.05, 0.1) is 12.4 Å². The van der Waals surface area contributed by atoms with Crippen LogP contribution in [0.4, 0.5) is 10.5 Å². The van der Waals surface area contributed by atoms with Gasteiger partial charge in [0.25, 0.3) is 0 Å². The molecule has 2 amide bonds. The van der Waals surface area contributed by atoms with Crippen LogP contribution in [0.5, 0.6) is 0 Å². The van der Waals surface area contributed by atoms with Gasteiger partial charge >= 0.3 is 6.03 Å². The fraction of sp³-hybridized carbons (Fsp3) is 0.421. The molecule has 0 saturated carbocycles. The minimum absolute atomic E-state index is 0.0403. The van der Waals surface area contributed by atoms with Crippen molar-refractivity contribution in [2.24, 2.45) is 9.50 Å². The lowest BCUT2D eigenvalue weighted by molar-refractivity contribution is 0.260. The van der Waals surface area contributed by atoms with Gasteiger partial charge in [-0.25, -0.2) is 14.1 Å². The molecule has 9 heteroatoms. The molecule has 0 spiro atoms. The zero-order chi connectivity index (χ0) is 19.9. The second-order valence-electron chi connectivity index (χ2n) is 7.25. The van der Waals surface area contributed by atoms with E-state index in [1.54, 1.807) is 23.0 Å². The van der Waals surface area contributed by atoms with E-state index in [1.807, 2.05) is 6.92 Å². The molecule has 7 nitrogen and oxygen atoms in total. The number of nitrogens with zero attached hydrogens (tertiary/aromatic N) is 1. The van der Waals surface area contributed by atoms with Crippen molar-refractivity contribution in [1.82, 2.24) is 0 Å². The summed E-state index contributed by atoms with van der Waals surface area (Å²) in [5.74, 6) is 0. The van der Waals surface area contributed by atoms with Crippen molar-refractivity contribution >= 4 is 44.6 Å². The molecule has 1 aromatic heterocycles. The average Bonchev–Trinajstić information content (AvgIpc) is 3.39. The molecule has 3 N–H and O–H groups in total. The van der Waals surface area contributed by atoms with Crippen molar-refractivity contribution in [1.29, 1.82) is 0 Å². The van der Waals surface area contributed by atoms with E-state index in [4.69, 9.17) is 12.6 Å². The van der Waals surface area contributed by atoms with Crippen molar-refractivity contribution in [3.63, 3.8) is 0 Å². The van der Waals surface area contributed by atoms with E-state index in [-0.39, 0.29) is 11.2 Å². The van der Waals surface area contributed by atoms with Crippen LogP contribution in [0, 0.1) is 0 Å². The maximum Gasteiger partial charge on any atom is 0.354 e. The largest absolute Gasteiger partial charge is 0.453 e. The van der Waals surface area contributed by atoms with Crippen LogP contribution in [-0.4, -0.2) is 10.2 Å². The Morgan fingerprint density at radius 2 is 1.89 bits per heavy atom. The number of nitrogens with two attached hydrogens (primary N) is 1. The van der Waals surface area contributed by atoms with E-state index in [1.165, 1.54) is 34.6 Å². The van der Waals surface area contributed by atoms with Crippen LogP contribution in [0.1, 0.15) is 53.7 Å². The van der Waals surface area contributed by atoms with Gasteiger partial charge in [-0.05, 0) is 67.7 Å². The summed E-state index contributed by atoms with van der Waals surface area (Å²) >= 11 is 1.78. The van der Waals surface area contributed by atoms with Crippen LogP contribution < -0.4 is 10.5 Å². The summed E-state index contributed by atoms with van der Waals surface area (Å²) in [5.41, 5.74) is 6.48. The number of anilines is 1. The summed E-state index contributed by atoms with van der Waals surface area (Å²) in [6.45, 7) is 1.82. The highest BCUT2D eigenvalue weighted by molar-refractivity contribution is 14.1. The molecule has 0 aliphatic heterocycles. The van der Waals surface area contributed by atoms with Crippen molar-refractivity contribution in [3.05, 3.63) is 46.2 Å². The second-order valence-corrected chi connectivity index (χ2v) is 9.49. The van der Waals surface area contributed by atoms with Crippen molar-refractivity contribution < 1.29 is 16.5 Å². The lowest BCUT2D eigenvalue weighted by Gasteiger charge is -2.15. The third kappa shape index (κ3) is 3.72. The molecule has 1 aromatic carbocycles. The van der Waals surface area contributed by atoms with Crippen LogP contribution >= 0.6 is 23.0 Å². The first-order valence-corrected chi connectivity index (χ1v) is 11.7. The second kappa shape index (κ2) is 7.77. The first-order valence-electron chi connectivity index (χ1n) is 9.27. The van der Waals surface area contributed by atoms with Gasteiger partial charge in [-0.3, -0.25) is 0 Å². The maximum absolute atomic E-state index is 12.8. The Kier molecular flexibility index (Phi) is 5.51. The van der Waals surface area contributed by atoms with E-state index < -0.39 is 15.9 Å². The topological polar surface area (TPSA) is 107 Å². The third-order valence-electron chi connectivity index (χ3n) is 5.41. The highest BCUT2D eigenvalue weighted by Gasteiger charge is 2.25. The zero-order valence-corrected chi connectivity index (χ0v) is 18.5. The van der Waals surface area contributed by atoms with Gasteiger partial charge in [-0.15, -0.1) is 4.36 Å². The Morgan fingerprint density at radius 1 is 1.25 bits per heavy atom. The summed E-state index contributed by atoms with van der Waals surface area (Å²) in [6, 6.07) is 3.09. The molecule has 28 heavy (non-hydrogen) atoms. The molecule has 2 aliphatic carbocycles. The van der Waals surface area contributed by atoms with Crippen LogP contribution in [-0.2, 0) is 38.7 Å². The van der Waals surface area contributed by atoms with Gasteiger partial charge in [0.15, 0.2) is 9.92 Å². The minimum Gasteiger partial charge on any atom is -0.453 e. The Labute approximate surface area is 178 Å². The quantitative estimate of drug-likeness (QED) is 0.580. The number of halogens is 1. The van der Waals surface area contributed by atoms with Gasteiger partial charge in [-0.1, -0.05) is 6.07 Å². The molecule has 150 valence electrons. The number of carbonyl (C=O) groups excluding carboxylic acids is 1. The molecule has 1 heterocycles. The summed E-state index contributed by atoms with van der Waals surface area (Å²) in [5, 5.41) is 8.67. The van der Waals surface area contributed by atoms with Gasteiger partial charge in [0, 0.05) is 17.3 Å². The van der Waals surface area contributed by atoms with E-state index in [0.29, 0.717) is 5.56 Å². The summed E-state index contributed by atoms with van der Waals surface area (Å²) in [4.78, 5) is 12.6. The fourth-order valence-corrected chi connectivity index (χ4v) is 5.18. The number of hydrogen-bond acceptors (Lipinski definition) is 4. The Hall–Kier alpha value is -1.43. The summed E-state index contributed by atoms with van der Waals surface area (Å²) in [6.07, 6.45) is 7.26. The first kappa shape index (κ1) is 19.9. The number of benzene rings is 1. The van der Waals surface area contributed by atoms with Gasteiger partial charge in [0.1, 0.15) is 23.0 Å². The van der Waals surface area contributed by atoms with Gasteiger partial charge in [-0.2, -0.15) is 0 Å². The van der Waals surface area contributed by atoms with Crippen molar-refractivity contribution in [2.45, 2.75) is 56.6 Å². The van der Waals surface area contributed by atoms with E-state index in [0.717, 1.165) is 44.2 Å². The number of rotatable bonds is 4. The highest BCUT2D eigenvalue weighted by atomic mass is 127. The third-order valence-corrected chi connectivity index (χ3v) is 7.40. The molecule has 0 radical (unpaired) electrons. The van der Waals surface area contributed by atoms with Gasteiger partial charge < -0.3 is 12.8 Å². The Bertz CT molecular complexity index is 1020. The minimum atomic E-state index is -3.49. The molecular weight excluding hydrogens is 493 g/mol. The maximum atomic E-state index is 12.8. The number of urea groups is 1. The monoisotopic (exact) mass is 515 g/mol. The number of hydrogen-bond donors (Lipinski definition) is 2. The molecule has 2 aromatic rings. The van der Waals surface area contributed by atoms with E-state index in [9.17, 15) is 9.00 Å². The van der Waals surface area contributed by atoms with Crippen LogP contribution in [0.2, 0.25) is 0 Å². The predicted molar refractivity (Wildman–Crippen MR) is 115 cm³/mol. The molecule has 2 unspecified atom stereocenters. The summed E-state index contributed by atoms with van der Waals surface area (Å²) in [7, 11) is -3.49. The molecule has 2 aliphatic rings. The number of fused-ring (bicyclic) bond motifs is 2. The Balaban J connectivity index is 1.63. The molecule has 0 fully saturated rings. The van der Waals surface area contributed by atoms with Crippen molar-refractivity contribution in [3.8, 4) is 0 Å². The zero-order valence-electron chi connectivity index (χ0n) is 15.5. The standard InChI is InChI=1S/C19H22IN3O4S/c1-11(27-20)14-9-17(26-10-14)28(21,25)23-19(24)22-18-15-6-2-4-12(15)8-13-5-3-7-16(13)18/h8-11H,2-7H2,1H3,(H3,21,22,23,24,25). The number of aryl methyl sites for hydroxylation is 2. The molecule has 0 bridgehead atoms. The molecular formula is C19H22IN3O4S. The molecule has 4 rings (SSSR count). The normalized spacial score (nSPS) is 18.2. The van der Waals surface area contributed by atoms with Crippen LogP contribution in [0.3, 0.4) is 0 Å². The Morgan fingerprint density at radius 3 is 2.50 bits per heavy atom. The molecule has 0 saturated heterocycles. The first-order chi connectivity index (χ1) is 13.4. The van der Waals surface area contributed by atoms with E-state index in [2.05, 4.69) is 15.7 Å². The number of amides is 2. The number of nitrogens with one attached hydrogen (secondary N) is 1. The molecule has 2 atom stereocenters. The lowest BCUT2D eigenvalue weighted by atomic mass is 9.99. The van der Waals surface area contributed by atoms with Crippen LogP contribution in [0.15, 0.2) is 32.3 Å². The van der Waals surface area contributed by atoms with E-state index >= 15 is 0 Å². The predicted octanol–water partition coefficient (Wildman–Crippen LogP) is 4.62. The number of carbonyl (C=O) groups is 1. The lowest BCUT2D eigenvalue weighted by Crippen LogP contribution is -2.18. The SMILES string of the molecule is CC(OI)c1coc(S(N)(=O)=NC(=O)Nc2c3c(cc4c2CCC4)CCC3)c1. The van der Waals surface area contributed by atoms with Crippen LogP contribution in [0.25, 0.3) is 0 Å². The summed E-state index contributed by atoms with van der Waals surface area (Å²) < 4.78 is 27.0. The van der Waals surface area contributed by atoms with Gasteiger partial charge in [0.2, 0.25) is 5.09 Å². The highest BCUT2D eigenvalue weighted by Crippen LogP contribution is 2.38. The number of furan rings is 1. The van der Waals surface area contributed by atoms with Crippen molar-refractivity contribution in [2.75, 3.05) is 5.32 Å². The fourth-order valence-electron chi connectivity index (χ4n) is 4.01.